The van der Waals surface area contributed by atoms with E-state index in [9.17, 15) is 4.79 Å². The van der Waals surface area contributed by atoms with E-state index in [2.05, 4.69) is 4.98 Å². The summed E-state index contributed by atoms with van der Waals surface area (Å²) in [6, 6.07) is 3.97. The summed E-state index contributed by atoms with van der Waals surface area (Å²) in [4.78, 5) is 17.0. The molecule has 1 aromatic rings. The first-order valence-corrected chi connectivity index (χ1v) is 7.62. The Balaban J connectivity index is 1.87. The fourth-order valence-electron chi connectivity index (χ4n) is 2.50. The number of hydrogen-bond acceptors (Lipinski definition) is 3. The zero-order valence-corrected chi connectivity index (χ0v) is 13.4. The van der Waals surface area contributed by atoms with Gasteiger partial charge in [0.2, 0.25) is 0 Å². The van der Waals surface area contributed by atoms with Gasteiger partial charge in [-0.25, -0.2) is 4.79 Å². The molecule has 1 amide bonds. The number of nitrogens with one attached hydrogen (secondary N) is 1. The lowest BCUT2D eigenvalue weighted by molar-refractivity contribution is -0.0495. The molecule has 0 radical (unpaired) electrons. The van der Waals surface area contributed by atoms with Crippen LogP contribution < -0.4 is 0 Å². The van der Waals surface area contributed by atoms with Gasteiger partial charge in [0, 0.05) is 18.4 Å². The molecule has 2 rings (SSSR count). The highest BCUT2D eigenvalue weighted by Crippen LogP contribution is 2.23. The number of ether oxygens (including phenoxy) is 2. The van der Waals surface area contributed by atoms with Crippen molar-refractivity contribution in [3.63, 3.8) is 0 Å². The van der Waals surface area contributed by atoms with Crippen molar-refractivity contribution >= 4 is 6.09 Å². The second kappa shape index (κ2) is 6.52. The molecule has 1 aromatic heterocycles. The minimum atomic E-state index is -0.456. The number of amides is 1. The molecule has 0 spiro atoms. The SMILES string of the molecule is CC(O[C@@H]1CCCN(C(=O)OC(C)(C)C)C1)c1ccc[nH]1. The molecular weight excluding hydrogens is 268 g/mol. The summed E-state index contributed by atoms with van der Waals surface area (Å²) >= 11 is 0. The van der Waals surface area contributed by atoms with Gasteiger partial charge in [0.25, 0.3) is 0 Å². The van der Waals surface area contributed by atoms with Gasteiger partial charge in [-0.2, -0.15) is 0 Å². The third-order valence-electron chi connectivity index (χ3n) is 3.49. The third kappa shape index (κ3) is 4.77. The van der Waals surface area contributed by atoms with Crippen molar-refractivity contribution in [1.82, 2.24) is 9.88 Å². The van der Waals surface area contributed by atoms with E-state index < -0.39 is 5.60 Å². The quantitative estimate of drug-likeness (QED) is 0.928. The van der Waals surface area contributed by atoms with E-state index in [1.165, 1.54) is 0 Å². The third-order valence-corrected chi connectivity index (χ3v) is 3.49. The number of carbonyl (C=O) groups is 1. The lowest BCUT2D eigenvalue weighted by Crippen LogP contribution is -2.45. The lowest BCUT2D eigenvalue weighted by Gasteiger charge is -2.35. The van der Waals surface area contributed by atoms with Crippen LogP contribution >= 0.6 is 0 Å². The van der Waals surface area contributed by atoms with Crippen LogP contribution in [0.2, 0.25) is 0 Å². The highest BCUT2D eigenvalue weighted by molar-refractivity contribution is 5.68. The highest BCUT2D eigenvalue weighted by Gasteiger charge is 2.29. The maximum absolute atomic E-state index is 12.1. The first-order chi connectivity index (χ1) is 9.85. The Hall–Kier alpha value is -1.49. The maximum atomic E-state index is 12.1. The van der Waals surface area contributed by atoms with E-state index >= 15 is 0 Å². The van der Waals surface area contributed by atoms with Crippen LogP contribution in [-0.4, -0.2) is 40.8 Å². The molecule has 0 aromatic carbocycles. The average molecular weight is 294 g/mol. The number of H-pyrrole nitrogens is 1. The molecule has 0 aliphatic carbocycles. The molecule has 2 atom stereocenters. The Bertz CT molecular complexity index is 451. The van der Waals surface area contributed by atoms with Crippen LogP contribution in [0.4, 0.5) is 4.79 Å². The number of aromatic nitrogens is 1. The predicted octanol–water partition coefficient (Wildman–Crippen LogP) is 3.49. The lowest BCUT2D eigenvalue weighted by atomic mass is 10.1. The van der Waals surface area contributed by atoms with Gasteiger partial charge >= 0.3 is 6.09 Å². The van der Waals surface area contributed by atoms with Gasteiger partial charge in [-0.15, -0.1) is 0 Å². The molecule has 21 heavy (non-hydrogen) atoms. The van der Waals surface area contributed by atoms with E-state index in [0.29, 0.717) is 6.54 Å². The van der Waals surface area contributed by atoms with Crippen LogP contribution in [0.3, 0.4) is 0 Å². The van der Waals surface area contributed by atoms with Gasteiger partial charge in [-0.1, -0.05) is 0 Å². The fourth-order valence-corrected chi connectivity index (χ4v) is 2.50. The Morgan fingerprint density at radius 2 is 2.24 bits per heavy atom. The van der Waals surface area contributed by atoms with Crippen LogP contribution in [-0.2, 0) is 9.47 Å². The standard InChI is InChI=1S/C16H26N2O3/c1-12(14-8-5-9-17-14)20-13-7-6-10-18(11-13)15(19)21-16(2,3)4/h5,8-9,12-13,17H,6-7,10-11H2,1-4H3/t12?,13-/m1/s1. The van der Waals surface area contributed by atoms with Crippen molar-refractivity contribution in [2.75, 3.05) is 13.1 Å². The number of nitrogens with zero attached hydrogens (tertiary/aromatic N) is 1. The van der Waals surface area contributed by atoms with Crippen molar-refractivity contribution in [3.05, 3.63) is 24.0 Å². The number of piperidine rings is 1. The number of rotatable bonds is 3. The van der Waals surface area contributed by atoms with E-state index in [1.807, 2.05) is 46.0 Å². The van der Waals surface area contributed by atoms with Crippen LogP contribution in [0.15, 0.2) is 18.3 Å². The summed E-state index contributed by atoms with van der Waals surface area (Å²) < 4.78 is 11.5. The molecular formula is C16H26N2O3. The summed E-state index contributed by atoms with van der Waals surface area (Å²) in [7, 11) is 0. The van der Waals surface area contributed by atoms with Crippen LogP contribution in [0.25, 0.3) is 0 Å². The molecule has 2 heterocycles. The topological polar surface area (TPSA) is 54.6 Å². The molecule has 0 saturated carbocycles. The Morgan fingerprint density at radius 3 is 2.86 bits per heavy atom. The van der Waals surface area contributed by atoms with E-state index in [4.69, 9.17) is 9.47 Å². The highest BCUT2D eigenvalue weighted by atomic mass is 16.6. The molecule has 1 fully saturated rings. The van der Waals surface area contributed by atoms with Crippen molar-refractivity contribution < 1.29 is 14.3 Å². The van der Waals surface area contributed by atoms with Gasteiger partial charge in [-0.05, 0) is 52.7 Å². The molecule has 5 heteroatoms. The second-order valence-electron chi connectivity index (χ2n) is 6.59. The molecule has 0 bridgehead atoms. The number of likely N-dealkylation sites (tertiary alicyclic amines) is 1. The van der Waals surface area contributed by atoms with Crippen LogP contribution in [0.5, 0.6) is 0 Å². The van der Waals surface area contributed by atoms with Crippen molar-refractivity contribution in [2.24, 2.45) is 0 Å². The van der Waals surface area contributed by atoms with E-state index in [1.54, 1.807) is 4.90 Å². The minimum Gasteiger partial charge on any atom is -0.444 e. The van der Waals surface area contributed by atoms with Gasteiger partial charge < -0.3 is 19.4 Å². The van der Waals surface area contributed by atoms with Crippen LogP contribution in [0, 0.1) is 0 Å². The monoisotopic (exact) mass is 294 g/mol. The molecule has 1 unspecified atom stereocenters. The van der Waals surface area contributed by atoms with Crippen molar-refractivity contribution in [3.8, 4) is 0 Å². The largest absolute Gasteiger partial charge is 0.444 e. The first kappa shape index (κ1) is 15.9. The van der Waals surface area contributed by atoms with Crippen molar-refractivity contribution in [1.29, 1.82) is 0 Å². The summed E-state index contributed by atoms with van der Waals surface area (Å²) in [5.41, 5.74) is 0.604. The fraction of sp³-hybridized carbons (Fsp3) is 0.688. The molecule has 118 valence electrons. The van der Waals surface area contributed by atoms with Gasteiger partial charge in [-0.3, -0.25) is 0 Å². The molecule has 1 N–H and O–H groups in total. The predicted molar refractivity (Wildman–Crippen MR) is 81.1 cm³/mol. The van der Waals surface area contributed by atoms with Gasteiger partial charge in [0.15, 0.2) is 0 Å². The first-order valence-electron chi connectivity index (χ1n) is 7.62. The van der Waals surface area contributed by atoms with Gasteiger partial charge in [0.1, 0.15) is 5.60 Å². The average Bonchev–Trinajstić information content (AvgIpc) is 2.91. The molecule has 1 aliphatic rings. The van der Waals surface area contributed by atoms with Crippen LogP contribution in [0.1, 0.15) is 52.3 Å². The summed E-state index contributed by atoms with van der Waals surface area (Å²) in [6.45, 7) is 9.02. The summed E-state index contributed by atoms with van der Waals surface area (Å²) in [6.07, 6.45) is 3.63. The zero-order valence-electron chi connectivity index (χ0n) is 13.4. The number of carbonyl (C=O) groups excluding carboxylic acids is 1. The normalized spacial score (nSPS) is 21.1. The Labute approximate surface area is 126 Å². The zero-order chi connectivity index (χ0) is 15.5. The Kier molecular flexibility index (Phi) is 4.93. The van der Waals surface area contributed by atoms with Crippen molar-refractivity contribution in [2.45, 2.75) is 58.3 Å². The minimum absolute atomic E-state index is 0.00332. The van der Waals surface area contributed by atoms with E-state index in [-0.39, 0.29) is 18.3 Å². The summed E-state index contributed by atoms with van der Waals surface area (Å²) in [5, 5.41) is 0. The summed E-state index contributed by atoms with van der Waals surface area (Å²) in [5.74, 6) is 0. The molecule has 1 aliphatic heterocycles. The molecule has 1 saturated heterocycles. The Morgan fingerprint density at radius 1 is 1.48 bits per heavy atom. The second-order valence-corrected chi connectivity index (χ2v) is 6.59. The number of aromatic amines is 1. The smallest absolute Gasteiger partial charge is 0.410 e. The number of hydrogen-bond donors (Lipinski definition) is 1. The molecule has 5 nitrogen and oxygen atoms in total. The van der Waals surface area contributed by atoms with Gasteiger partial charge in [0.05, 0.1) is 18.8 Å². The maximum Gasteiger partial charge on any atom is 0.410 e. The van der Waals surface area contributed by atoms with E-state index in [0.717, 1.165) is 25.1 Å².